The van der Waals surface area contributed by atoms with Gasteiger partial charge in [0.1, 0.15) is 5.82 Å². The monoisotopic (exact) mass is 393 g/mol. The Morgan fingerprint density at radius 2 is 1.96 bits per heavy atom. The van der Waals surface area contributed by atoms with E-state index >= 15 is 0 Å². The van der Waals surface area contributed by atoms with E-state index in [0.29, 0.717) is 26.2 Å². The molecule has 2 aromatic rings. The van der Waals surface area contributed by atoms with Crippen LogP contribution in [0.25, 0.3) is 0 Å². The lowest BCUT2D eigenvalue weighted by Gasteiger charge is -2.18. The number of carbonyl (C=O) groups is 2. The van der Waals surface area contributed by atoms with Crippen molar-refractivity contribution in [2.45, 2.75) is 19.4 Å². The van der Waals surface area contributed by atoms with Crippen LogP contribution in [0.1, 0.15) is 29.8 Å². The Bertz CT molecular complexity index is 707. The number of rotatable bonds is 10. The number of ether oxygens (including phenoxy) is 1. The molecule has 2 rings (SSSR count). The topological polar surface area (TPSA) is 79.5 Å². The number of benzene rings is 1. The van der Waals surface area contributed by atoms with Crippen LogP contribution in [-0.4, -0.2) is 38.2 Å². The highest BCUT2D eigenvalue weighted by Crippen LogP contribution is 2.26. The molecule has 0 saturated carbocycles. The fraction of sp³-hybridized carbons (Fsp3) is 0.368. The Morgan fingerprint density at radius 3 is 2.63 bits per heavy atom. The molecule has 8 heteroatoms. The predicted molar refractivity (Wildman–Crippen MR) is 103 cm³/mol. The van der Waals surface area contributed by atoms with Crippen molar-refractivity contribution in [3.63, 3.8) is 0 Å². The minimum absolute atomic E-state index is 0.152. The van der Waals surface area contributed by atoms with Crippen molar-refractivity contribution in [2.24, 2.45) is 0 Å². The molecule has 1 aromatic carbocycles. The van der Waals surface area contributed by atoms with Gasteiger partial charge in [-0.25, -0.2) is 9.18 Å². The van der Waals surface area contributed by atoms with Gasteiger partial charge in [0.15, 0.2) is 0 Å². The van der Waals surface area contributed by atoms with Gasteiger partial charge in [-0.2, -0.15) is 0 Å². The quantitative estimate of drug-likeness (QED) is 0.543. The summed E-state index contributed by atoms with van der Waals surface area (Å²) in [5.41, 5.74) is 0.771. The van der Waals surface area contributed by atoms with Crippen molar-refractivity contribution in [2.75, 3.05) is 26.3 Å². The highest BCUT2D eigenvalue weighted by molar-refractivity contribution is 7.10. The fourth-order valence-corrected chi connectivity index (χ4v) is 3.19. The van der Waals surface area contributed by atoms with Crippen molar-refractivity contribution in [1.82, 2.24) is 16.0 Å². The number of urea groups is 1. The Labute approximate surface area is 162 Å². The third-order valence-electron chi connectivity index (χ3n) is 3.70. The summed E-state index contributed by atoms with van der Waals surface area (Å²) in [5.74, 6) is -0.667. The molecule has 6 nitrogen and oxygen atoms in total. The predicted octanol–water partition coefficient (Wildman–Crippen LogP) is 2.82. The number of nitrogens with one attached hydrogen (secondary N) is 3. The van der Waals surface area contributed by atoms with Crippen LogP contribution in [0.4, 0.5) is 9.18 Å². The minimum Gasteiger partial charge on any atom is -0.382 e. The molecule has 0 radical (unpaired) electrons. The number of thiophene rings is 1. The molecule has 146 valence electrons. The van der Waals surface area contributed by atoms with E-state index in [1.54, 1.807) is 12.1 Å². The third kappa shape index (κ3) is 7.36. The highest BCUT2D eigenvalue weighted by Gasteiger charge is 2.18. The maximum atomic E-state index is 13.2. The van der Waals surface area contributed by atoms with E-state index in [4.69, 9.17) is 4.74 Å². The van der Waals surface area contributed by atoms with Gasteiger partial charge in [0.2, 0.25) is 5.91 Å². The first-order valence-corrected chi connectivity index (χ1v) is 9.65. The van der Waals surface area contributed by atoms with Crippen molar-refractivity contribution < 1.29 is 18.7 Å². The zero-order chi connectivity index (χ0) is 19.5. The molecule has 0 fully saturated rings. The van der Waals surface area contributed by atoms with Crippen LogP contribution in [0.2, 0.25) is 0 Å². The molecule has 0 aliphatic rings. The van der Waals surface area contributed by atoms with E-state index in [-0.39, 0.29) is 18.3 Å². The van der Waals surface area contributed by atoms with Crippen molar-refractivity contribution in [1.29, 1.82) is 0 Å². The number of halogens is 1. The van der Waals surface area contributed by atoms with Crippen LogP contribution in [0.3, 0.4) is 0 Å². The second-order valence-corrected chi connectivity index (χ2v) is 6.71. The van der Waals surface area contributed by atoms with Gasteiger partial charge in [-0.15, -0.1) is 11.3 Å². The van der Waals surface area contributed by atoms with Gasteiger partial charge in [-0.05, 0) is 42.5 Å². The molecule has 0 aliphatic carbocycles. The Morgan fingerprint density at radius 1 is 1.19 bits per heavy atom. The number of hydrogen-bond acceptors (Lipinski definition) is 4. The van der Waals surface area contributed by atoms with Gasteiger partial charge in [0, 0.05) is 24.6 Å². The first-order chi connectivity index (χ1) is 13.1. The van der Waals surface area contributed by atoms with Crippen LogP contribution in [0.5, 0.6) is 0 Å². The summed E-state index contributed by atoms with van der Waals surface area (Å²) >= 11 is 1.49. The van der Waals surface area contributed by atoms with Gasteiger partial charge in [-0.3, -0.25) is 4.79 Å². The molecular formula is C19H24FN3O3S. The molecule has 3 N–H and O–H groups in total. The summed E-state index contributed by atoms with van der Waals surface area (Å²) in [4.78, 5) is 24.9. The van der Waals surface area contributed by atoms with E-state index in [2.05, 4.69) is 16.0 Å². The Balaban J connectivity index is 1.83. The molecule has 27 heavy (non-hydrogen) atoms. The van der Waals surface area contributed by atoms with Gasteiger partial charge >= 0.3 is 6.03 Å². The summed E-state index contributed by atoms with van der Waals surface area (Å²) in [7, 11) is 0. The van der Waals surface area contributed by atoms with Gasteiger partial charge in [0.05, 0.1) is 12.6 Å². The lowest BCUT2D eigenvalue weighted by molar-refractivity contribution is -0.120. The summed E-state index contributed by atoms with van der Waals surface area (Å²) in [5, 5.41) is 9.98. The Hall–Kier alpha value is -2.45. The molecule has 1 unspecified atom stereocenters. The summed E-state index contributed by atoms with van der Waals surface area (Å²) in [6, 6.07) is 8.97. The van der Waals surface area contributed by atoms with E-state index in [9.17, 15) is 14.0 Å². The van der Waals surface area contributed by atoms with E-state index in [0.717, 1.165) is 10.4 Å². The van der Waals surface area contributed by atoms with Crippen molar-refractivity contribution in [3.8, 4) is 0 Å². The molecule has 1 heterocycles. The first kappa shape index (κ1) is 20.9. The molecular weight excluding hydrogens is 369 g/mol. The van der Waals surface area contributed by atoms with Gasteiger partial charge in [0.25, 0.3) is 0 Å². The SMILES string of the molecule is CCOCCCNC(=O)NCC(=O)NC(c1ccc(F)cc1)c1cccs1. The van der Waals surface area contributed by atoms with E-state index < -0.39 is 12.1 Å². The largest absolute Gasteiger partial charge is 0.382 e. The van der Waals surface area contributed by atoms with Crippen LogP contribution in [0.15, 0.2) is 41.8 Å². The molecule has 1 atom stereocenters. The van der Waals surface area contributed by atoms with Crippen LogP contribution < -0.4 is 16.0 Å². The van der Waals surface area contributed by atoms with Crippen LogP contribution in [-0.2, 0) is 9.53 Å². The molecule has 0 bridgehead atoms. The number of hydrogen-bond donors (Lipinski definition) is 3. The van der Waals surface area contributed by atoms with Gasteiger partial charge in [-0.1, -0.05) is 18.2 Å². The van der Waals surface area contributed by atoms with Crippen molar-refractivity contribution in [3.05, 3.63) is 58.0 Å². The van der Waals surface area contributed by atoms with E-state index in [1.807, 2.05) is 24.4 Å². The molecule has 3 amide bonds. The molecule has 0 aliphatic heterocycles. The average Bonchev–Trinajstić information content (AvgIpc) is 3.19. The lowest BCUT2D eigenvalue weighted by Crippen LogP contribution is -2.43. The second kappa shape index (κ2) is 11.3. The second-order valence-electron chi connectivity index (χ2n) is 5.73. The highest BCUT2D eigenvalue weighted by atomic mass is 32.1. The number of amides is 3. The summed E-state index contributed by atoms with van der Waals surface area (Å²) < 4.78 is 18.4. The smallest absolute Gasteiger partial charge is 0.315 e. The molecule has 1 aromatic heterocycles. The standard InChI is InChI=1S/C19H24FN3O3S/c1-2-26-11-4-10-21-19(25)22-13-17(24)23-18(16-5-3-12-27-16)14-6-8-15(20)9-7-14/h3,5-9,12,18H,2,4,10-11,13H2,1H3,(H,23,24)(H2,21,22,25). The summed E-state index contributed by atoms with van der Waals surface area (Å²) in [6.45, 7) is 3.46. The fourth-order valence-electron chi connectivity index (χ4n) is 2.39. The molecule has 0 saturated heterocycles. The maximum absolute atomic E-state index is 13.2. The zero-order valence-corrected chi connectivity index (χ0v) is 16.0. The van der Waals surface area contributed by atoms with Crippen LogP contribution in [0, 0.1) is 5.82 Å². The third-order valence-corrected chi connectivity index (χ3v) is 4.64. The Kier molecular flexibility index (Phi) is 8.73. The van der Waals surface area contributed by atoms with Gasteiger partial charge < -0.3 is 20.7 Å². The van der Waals surface area contributed by atoms with Crippen molar-refractivity contribution >= 4 is 23.3 Å². The van der Waals surface area contributed by atoms with E-state index in [1.165, 1.54) is 23.5 Å². The summed E-state index contributed by atoms with van der Waals surface area (Å²) in [6.07, 6.45) is 0.707. The zero-order valence-electron chi connectivity index (χ0n) is 15.2. The molecule has 0 spiro atoms. The minimum atomic E-state index is -0.406. The van der Waals surface area contributed by atoms with Crippen LogP contribution >= 0.6 is 11.3 Å². The average molecular weight is 393 g/mol. The normalized spacial score (nSPS) is 11.6. The maximum Gasteiger partial charge on any atom is 0.315 e. The lowest BCUT2D eigenvalue weighted by atomic mass is 10.1. The number of carbonyl (C=O) groups excluding carboxylic acids is 2. The first-order valence-electron chi connectivity index (χ1n) is 8.77.